The summed E-state index contributed by atoms with van der Waals surface area (Å²) in [5.41, 5.74) is -0.537. The second-order valence-corrected chi connectivity index (χ2v) is 8.78. The Morgan fingerprint density at radius 2 is 0.815 bits per heavy atom. The first-order valence-electron chi connectivity index (χ1n) is 8.87. The molecule has 0 bridgehead atoms. The Balaban J connectivity index is 2.01. The van der Waals surface area contributed by atoms with Crippen molar-refractivity contribution in [3.05, 3.63) is 91.0 Å². The molecule has 0 fully saturated rings. The number of hydrogen-bond acceptors (Lipinski definition) is 4. The van der Waals surface area contributed by atoms with Gasteiger partial charge in [0, 0.05) is 0 Å². The first kappa shape index (κ1) is 19.0. The summed E-state index contributed by atoms with van der Waals surface area (Å²) in [7, 11) is -3.65. The molecule has 140 valence electrons. The van der Waals surface area contributed by atoms with E-state index < -0.39 is 14.6 Å². The molecule has 0 aliphatic rings. The lowest BCUT2D eigenvalue weighted by molar-refractivity contribution is 0.00735. The molecule has 0 radical (unpaired) electrons. The second-order valence-electron chi connectivity index (χ2n) is 6.96. The number of rotatable bonds is 7. The van der Waals surface area contributed by atoms with Crippen molar-refractivity contribution in [2.75, 3.05) is 0 Å². The predicted octanol–water partition coefficient (Wildman–Crippen LogP) is 5.47. The van der Waals surface area contributed by atoms with E-state index in [0.29, 0.717) is 17.2 Å². The van der Waals surface area contributed by atoms with E-state index in [1.165, 1.54) is 0 Å². The zero-order chi connectivity index (χ0) is 19.2. The first-order valence-corrected chi connectivity index (χ1v) is 10.5. The van der Waals surface area contributed by atoms with Crippen LogP contribution < -0.4 is 13.3 Å². The third-order valence-electron chi connectivity index (χ3n) is 3.39. The van der Waals surface area contributed by atoms with Crippen LogP contribution in [0.1, 0.15) is 20.8 Å². The van der Waals surface area contributed by atoms with Gasteiger partial charge in [0.1, 0.15) is 17.2 Å². The molecular formula is C22H24O4Si. The fourth-order valence-electron chi connectivity index (χ4n) is 2.40. The largest absolute Gasteiger partial charge is 0.893 e. The third kappa shape index (κ3) is 5.87. The van der Waals surface area contributed by atoms with E-state index in [1.54, 1.807) is 0 Å². The van der Waals surface area contributed by atoms with Crippen molar-refractivity contribution in [2.24, 2.45) is 0 Å². The smallest absolute Gasteiger partial charge is 0.462 e. The average molecular weight is 381 g/mol. The standard InChI is InChI=1S/C22H24O4Si/c1-22(2,3)26-27(23-19-13-7-4-8-14-19,24-20-15-9-5-10-16-20)25-21-17-11-6-12-18-21/h4-18H,1-3H3. The van der Waals surface area contributed by atoms with Crippen molar-refractivity contribution in [1.29, 1.82) is 0 Å². The fourth-order valence-corrected chi connectivity index (χ4v) is 4.67. The maximum absolute atomic E-state index is 6.31. The van der Waals surface area contributed by atoms with Crippen molar-refractivity contribution in [3.8, 4) is 17.2 Å². The van der Waals surface area contributed by atoms with Gasteiger partial charge in [-0.15, -0.1) is 0 Å². The molecule has 3 rings (SSSR count). The molecule has 0 aromatic heterocycles. The van der Waals surface area contributed by atoms with E-state index in [4.69, 9.17) is 17.7 Å². The highest BCUT2D eigenvalue weighted by Gasteiger charge is 2.57. The zero-order valence-electron chi connectivity index (χ0n) is 15.8. The Kier molecular flexibility index (Phi) is 5.83. The van der Waals surface area contributed by atoms with Crippen molar-refractivity contribution < 1.29 is 17.7 Å². The number of benzene rings is 3. The average Bonchev–Trinajstić information content (AvgIpc) is 2.62. The highest BCUT2D eigenvalue weighted by atomic mass is 28.4. The Labute approximate surface area is 161 Å². The molecule has 4 nitrogen and oxygen atoms in total. The molecule has 0 aliphatic heterocycles. The molecular weight excluding hydrogens is 356 g/mol. The lowest BCUT2D eigenvalue weighted by Crippen LogP contribution is -2.61. The highest BCUT2D eigenvalue weighted by Crippen LogP contribution is 2.28. The summed E-state index contributed by atoms with van der Waals surface area (Å²) in [5.74, 6) is 1.88. The van der Waals surface area contributed by atoms with Gasteiger partial charge in [0.2, 0.25) is 0 Å². The minimum atomic E-state index is -3.65. The molecule has 0 saturated carbocycles. The summed E-state index contributed by atoms with van der Waals surface area (Å²) in [4.78, 5) is 0. The lowest BCUT2D eigenvalue weighted by Gasteiger charge is -2.33. The van der Waals surface area contributed by atoms with Crippen LogP contribution in [-0.4, -0.2) is 14.6 Å². The quantitative estimate of drug-likeness (QED) is 0.509. The Hall–Kier alpha value is -2.76. The molecule has 0 saturated heterocycles. The van der Waals surface area contributed by atoms with Crippen molar-refractivity contribution >= 4 is 9.05 Å². The zero-order valence-corrected chi connectivity index (χ0v) is 16.8. The summed E-state index contributed by atoms with van der Waals surface area (Å²) in [6.45, 7) is 5.85. The maximum Gasteiger partial charge on any atom is 0.893 e. The highest BCUT2D eigenvalue weighted by molar-refractivity contribution is 6.56. The fraction of sp³-hybridized carbons (Fsp3) is 0.182. The van der Waals surface area contributed by atoms with Gasteiger partial charge in [-0.25, -0.2) is 0 Å². The van der Waals surface area contributed by atoms with Gasteiger partial charge in [-0.3, -0.25) is 0 Å². The Morgan fingerprint density at radius 1 is 0.519 bits per heavy atom. The lowest BCUT2D eigenvalue weighted by atomic mass is 10.2. The van der Waals surface area contributed by atoms with Gasteiger partial charge < -0.3 is 17.7 Å². The van der Waals surface area contributed by atoms with E-state index >= 15 is 0 Å². The maximum atomic E-state index is 6.31. The predicted molar refractivity (Wildman–Crippen MR) is 108 cm³/mol. The summed E-state index contributed by atoms with van der Waals surface area (Å²) >= 11 is 0. The molecule has 0 unspecified atom stereocenters. The summed E-state index contributed by atoms with van der Waals surface area (Å²) < 4.78 is 25.1. The summed E-state index contributed by atoms with van der Waals surface area (Å²) in [6.07, 6.45) is 0. The monoisotopic (exact) mass is 380 g/mol. The minimum absolute atomic E-state index is 0.537. The van der Waals surface area contributed by atoms with Gasteiger partial charge in [-0.1, -0.05) is 54.6 Å². The van der Waals surface area contributed by atoms with Crippen molar-refractivity contribution in [2.45, 2.75) is 26.4 Å². The Morgan fingerprint density at radius 3 is 1.07 bits per heavy atom. The van der Waals surface area contributed by atoms with E-state index in [0.717, 1.165) is 0 Å². The van der Waals surface area contributed by atoms with Gasteiger partial charge in [-0.05, 0) is 57.2 Å². The second kappa shape index (κ2) is 8.29. The van der Waals surface area contributed by atoms with Gasteiger partial charge in [0.15, 0.2) is 0 Å². The van der Waals surface area contributed by atoms with Crippen LogP contribution in [0.15, 0.2) is 91.0 Å². The van der Waals surface area contributed by atoms with Crippen LogP contribution in [0.5, 0.6) is 17.2 Å². The minimum Gasteiger partial charge on any atom is -0.462 e. The van der Waals surface area contributed by atoms with Gasteiger partial charge in [0.25, 0.3) is 0 Å². The van der Waals surface area contributed by atoms with Crippen LogP contribution in [0.25, 0.3) is 0 Å². The van der Waals surface area contributed by atoms with Crippen LogP contribution in [0.2, 0.25) is 0 Å². The van der Waals surface area contributed by atoms with Gasteiger partial charge in [0.05, 0.1) is 5.60 Å². The van der Waals surface area contributed by atoms with Crippen LogP contribution in [0, 0.1) is 0 Å². The van der Waals surface area contributed by atoms with Crippen LogP contribution in [0.3, 0.4) is 0 Å². The molecule has 0 aliphatic carbocycles. The number of para-hydroxylation sites is 3. The molecule has 0 amide bonds. The molecule has 3 aromatic rings. The SMILES string of the molecule is CC(C)(C)O[Si](Oc1ccccc1)(Oc1ccccc1)Oc1ccccc1. The third-order valence-corrected chi connectivity index (χ3v) is 5.71. The summed E-state index contributed by atoms with van der Waals surface area (Å²) in [6, 6.07) is 28.3. The van der Waals surface area contributed by atoms with Gasteiger partial charge in [-0.2, -0.15) is 0 Å². The molecule has 0 atom stereocenters. The first-order chi connectivity index (χ1) is 12.9. The van der Waals surface area contributed by atoms with E-state index in [9.17, 15) is 0 Å². The molecule has 3 aromatic carbocycles. The van der Waals surface area contributed by atoms with Crippen LogP contribution >= 0.6 is 0 Å². The molecule has 27 heavy (non-hydrogen) atoms. The van der Waals surface area contributed by atoms with Crippen molar-refractivity contribution in [3.63, 3.8) is 0 Å². The topological polar surface area (TPSA) is 36.9 Å². The molecule has 0 N–H and O–H groups in total. The summed E-state index contributed by atoms with van der Waals surface area (Å²) in [5, 5.41) is 0. The normalized spacial score (nSPS) is 11.7. The van der Waals surface area contributed by atoms with E-state index in [-0.39, 0.29) is 0 Å². The molecule has 5 heteroatoms. The molecule has 0 heterocycles. The number of hydrogen-bond donors (Lipinski definition) is 0. The Bertz CT molecular complexity index is 716. The molecule has 0 spiro atoms. The van der Waals surface area contributed by atoms with Crippen molar-refractivity contribution in [1.82, 2.24) is 0 Å². The van der Waals surface area contributed by atoms with Crippen LogP contribution in [0.4, 0.5) is 0 Å². The van der Waals surface area contributed by atoms with E-state index in [2.05, 4.69) is 0 Å². The van der Waals surface area contributed by atoms with Crippen LogP contribution in [-0.2, 0) is 4.43 Å². The van der Waals surface area contributed by atoms with E-state index in [1.807, 2.05) is 112 Å². The van der Waals surface area contributed by atoms with Gasteiger partial charge >= 0.3 is 9.05 Å².